The van der Waals surface area contributed by atoms with Crippen LogP contribution in [0.4, 0.5) is 0 Å². The summed E-state index contributed by atoms with van der Waals surface area (Å²) < 4.78 is 5.10. The topological polar surface area (TPSA) is 58.8 Å². The van der Waals surface area contributed by atoms with Gasteiger partial charge < -0.3 is 15.4 Å². The second-order valence-corrected chi connectivity index (χ2v) is 6.36. The summed E-state index contributed by atoms with van der Waals surface area (Å²) in [6.07, 6.45) is 1.01. The second-order valence-electron chi connectivity index (χ2n) is 6.36. The van der Waals surface area contributed by atoms with E-state index >= 15 is 0 Å². The molecule has 0 aromatic heterocycles. The van der Waals surface area contributed by atoms with Gasteiger partial charge in [0.05, 0.1) is 12.6 Å². The van der Waals surface area contributed by atoms with Crippen molar-refractivity contribution >= 4 is 5.91 Å². The van der Waals surface area contributed by atoms with Crippen LogP contribution in [0.1, 0.15) is 27.2 Å². The van der Waals surface area contributed by atoms with Crippen LogP contribution in [0, 0.1) is 5.41 Å². The molecule has 0 aromatic carbocycles. The average molecular weight is 271 g/mol. The van der Waals surface area contributed by atoms with Crippen LogP contribution in [0.5, 0.6) is 0 Å². The summed E-state index contributed by atoms with van der Waals surface area (Å²) in [6.45, 7) is 11.2. The number of ether oxygens (including phenoxy) is 1. The number of hydrogen-bond donors (Lipinski definition) is 1. The van der Waals surface area contributed by atoms with Crippen LogP contribution in [-0.4, -0.2) is 68.2 Å². The Hall–Kier alpha value is -0.650. The molecule has 1 unspecified atom stereocenters. The first-order valence-electron chi connectivity index (χ1n) is 7.12. The fourth-order valence-electron chi connectivity index (χ4n) is 2.20. The number of nitrogens with two attached hydrogens (primary N) is 1. The minimum atomic E-state index is -0.418. The zero-order chi connectivity index (χ0) is 14.5. The molecule has 1 atom stereocenters. The van der Waals surface area contributed by atoms with E-state index in [4.69, 9.17) is 10.5 Å². The summed E-state index contributed by atoms with van der Waals surface area (Å²) in [4.78, 5) is 16.6. The highest BCUT2D eigenvalue weighted by Crippen LogP contribution is 2.19. The molecular formula is C14H29N3O2. The van der Waals surface area contributed by atoms with Crippen LogP contribution in [0.25, 0.3) is 0 Å². The smallest absolute Gasteiger partial charge is 0.240 e. The number of methoxy groups -OCH3 is 1. The molecule has 0 spiro atoms. The van der Waals surface area contributed by atoms with Crippen molar-refractivity contribution in [3.63, 3.8) is 0 Å². The molecule has 112 valence electrons. The van der Waals surface area contributed by atoms with Gasteiger partial charge in [0.1, 0.15) is 0 Å². The Morgan fingerprint density at radius 2 is 1.95 bits per heavy atom. The third-order valence-corrected chi connectivity index (χ3v) is 3.71. The van der Waals surface area contributed by atoms with Gasteiger partial charge in [0.25, 0.3) is 0 Å². The summed E-state index contributed by atoms with van der Waals surface area (Å²) in [7, 11) is 1.72. The standard InChI is InChI=1S/C14H29N3O2/c1-14(2,3)12(15)13(18)17-7-5-6-16(8-9-17)10-11-19-4/h12H,5-11,15H2,1-4H3. The lowest BCUT2D eigenvalue weighted by Crippen LogP contribution is -2.51. The van der Waals surface area contributed by atoms with Crippen LogP contribution < -0.4 is 5.73 Å². The first-order chi connectivity index (χ1) is 8.86. The van der Waals surface area contributed by atoms with Gasteiger partial charge in [0.2, 0.25) is 5.91 Å². The molecule has 2 N–H and O–H groups in total. The Morgan fingerprint density at radius 1 is 1.26 bits per heavy atom. The van der Waals surface area contributed by atoms with Gasteiger partial charge >= 0.3 is 0 Å². The van der Waals surface area contributed by atoms with E-state index in [1.165, 1.54) is 0 Å². The van der Waals surface area contributed by atoms with Gasteiger partial charge in [-0.2, -0.15) is 0 Å². The molecule has 1 fully saturated rings. The number of carbonyl (C=O) groups excluding carboxylic acids is 1. The molecular weight excluding hydrogens is 242 g/mol. The van der Waals surface area contributed by atoms with Crippen molar-refractivity contribution < 1.29 is 9.53 Å². The zero-order valence-corrected chi connectivity index (χ0v) is 12.8. The predicted molar refractivity (Wildman–Crippen MR) is 76.9 cm³/mol. The Bertz CT molecular complexity index is 289. The highest BCUT2D eigenvalue weighted by atomic mass is 16.5. The average Bonchev–Trinajstić information content (AvgIpc) is 2.58. The van der Waals surface area contributed by atoms with E-state index in [0.717, 1.165) is 45.8 Å². The maximum atomic E-state index is 12.4. The van der Waals surface area contributed by atoms with Gasteiger partial charge in [-0.3, -0.25) is 9.69 Å². The summed E-state index contributed by atoms with van der Waals surface area (Å²) >= 11 is 0. The van der Waals surface area contributed by atoms with Crippen molar-refractivity contribution in [1.82, 2.24) is 9.80 Å². The molecule has 5 nitrogen and oxygen atoms in total. The number of hydrogen-bond acceptors (Lipinski definition) is 4. The van der Waals surface area contributed by atoms with Crippen molar-refractivity contribution in [2.24, 2.45) is 11.1 Å². The fraction of sp³-hybridized carbons (Fsp3) is 0.929. The molecule has 0 saturated carbocycles. The number of rotatable bonds is 4. The molecule has 1 heterocycles. The first kappa shape index (κ1) is 16.4. The van der Waals surface area contributed by atoms with Gasteiger partial charge in [0, 0.05) is 33.3 Å². The SMILES string of the molecule is COCCN1CCCN(C(=O)C(N)C(C)(C)C)CC1. The van der Waals surface area contributed by atoms with Gasteiger partial charge in [-0.05, 0) is 18.4 Å². The van der Waals surface area contributed by atoms with Crippen molar-refractivity contribution in [1.29, 1.82) is 0 Å². The molecule has 0 aliphatic carbocycles. The Kier molecular flexibility index (Phi) is 6.23. The maximum absolute atomic E-state index is 12.4. The molecule has 5 heteroatoms. The van der Waals surface area contributed by atoms with E-state index in [0.29, 0.717) is 0 Å². The summed E-state index contributed by atoms with van der Waals surface area (Å²) in [5.74, 6) is 0.0843. The fourth-order valence-corrected chi connectivity index (χ4v) is 2.20. The Labute approximate surface area is 117 Å². The van der Waals surface area contributed by atoms with Crippen molar-refractivity contribution in [3.8, 4) is 0 Å². The van der Waals surface area contributed by atoms with Crippen LogP contribution in [0.3, 0.4) is 0 Å². The second kappa shape index (κ2) is 7.22. The molecule has 1 saturated heterocycles. The first-order valence-corrected chi connectivity index (χ1v) is 7.12. The molecule has 1 amide bonds. The van der Waals surface area contributed by atoms with Gasteiger partial charge in [-0.25, -0.2) is 0 Å². The monoisotopic (exact) mass is 271 g/mol. The number of amides is 1. The molecule has 0 aromatic rings. The summed E-state index contributed by atoms with van der Waals surface area (Å²) in [6, 6.07) is -0.418. The van der Waals surface area contributed by atoms with Crippen molar-refractivity contribution in [2.45, 2.75) is 33.2 Å². The van der Waals surface area contributed by atoms with Crippen LogP contribution in [-0.2, 0) is 9.53 Å². The minimum absolute atomic E-state index is 0.0843. The lowest BCUT2D eigenvalue weighted by molar-refractivity contribution is -0.134. The lowest BCUT2D eigenvalue weighted by Gasteiger charge is -2.31. The third kappa shape index (κ3) is 5.09. The van der Waals surface area contributed by atoms with Crippen molar-refractivity contribution in [2.75, 3.05) is 46.4 Å². The van der Waals surface area contributed by atoms with E-state index in [-0.39, 0.29) is 11.3 Å². The molecule has 1 rings (SSSR count). The largest absolute Gasteiger partial charge is 0.383 e. The molecule has 1 aliphatic heterocycles. The van der Waals surface area contributed by atoms with Gasteiger partial charge in [0.15, 0.2) is 0 Å². The third-order valence-electron chi connectivity index (χ3n) is 3.71. The lowest BCUT2D eigenvalue weighted by atomic mass is 9.86. The van der Waals surface area contributed by atoms with E-state index in [1.54, 1.807) is 7.11 Å². The van der Waals surface area contributed by atoms with Gasteiger partial charge in [-0.15, -0.1) is 0 Å². The minimum Gasteiger partial charge on any atom is -0.383 e. The van der Waals surface area contributed by atoms with Gasteiger partial charge in [-0.1, -0.05) is 20.8 Å². The Morgan fingerprint density at radius 3 is 2.53 bits per heavy atom. The molecule has 1 aliphatic rings. The molecule has 0 bridgehead atoms. The van der Waals surface area contributed by atoms with E-state index < -0.39 is 6.04 Å². The molecule has 19 heavy (non-hydrogen) atoms. The van der Waals surface area contributed by atoms with E-state index in [1.807, 2.05) is 25.7 Å². The Balaban J connectivity index is 2.50. The van der Waals surface area contributed by atoms with Crippen LogP contribution >= 0.6 is 0 Å². The number of carbonyl (C=O) groups is 1. The quantitative estimate of drug-likeness (QED) is 0.811. The zero-order valence-electron chi connectivity index (χ0n) is 12.8. The summed E-state index contributed by atoms with van der Waals surface area (Å²) in [5.41, 5.74) is 5.88. The normalized spacial score (nSPS) is 20.2. The van der Waals surface area contributed by atoms with E-state index in [9.17, 15) is 4.79 Å². The summed E-state index contributed by atoms with van der Waals surface area (Å²) in [5, 5.41) is 0. The molecule has 0 radical (unpaired) electrons. The highest BCUT2D eigenvalue weighted by molar-refractivity contribution is 5.82. The van der Waals surface area contributed by atoms with Crippen LogP contribution in [0.2, 0.25) is 0 Å². The van der Waals surface area contributed by atoms with E-state index in [2.05, 4.69) is 4.90 Å². The highest BCUT2D eigenvalue weighted by Gasteiger charge is 2.31. The maximum Gasteiger partial charge on any atom is 0.240 e. The predicted octanol–water partition coefficient (Wildman–Crippen LogP) is 0.541. The van der Waals surface area contributed by atoms with Crippen LogP contribution in [0.15, 0.2) is 0 Å². The number of nitrogens with zero attached hydrogens (tertiary/aromatic N) is 2. The van der Waals surface area contributed by atoms with Crippen molar-refractivity contribution in [3.05, 3.63) is 0 Å².